The number of anilines is 1. The van der Waals surface area contributed by atoms with E-state index in [1.165, 1.54) is 25.0 Å². The molecule has 4 heteroatoms. The van der Waals surface area contributed by atoms with Gasteiger partial charge in [-0.15, -0.1) is 0 Å². The van der Waals surface area contributed by atoms with Gasteiger partial charge >= 0.3 is 0 Å². The molecule has 0 aliphatic carbocycles. The zero-order valence-electron chi connectivity index (χ0n) is 11.0. The minimum Gasteiger partial charge on any atom is -0.313 e. The number of benzene rings is 1. The second kappa shape index (κ2) is 5.29. The van der Waals surface area contributed by atoms with Gasteiger partial charge in [-0.25, -0.2) is 4.39 Å². The van der Waals surface area contributed by atoms with Gasteiger partial charge in [0, 0.05) is 24.7 Å². The van der Waals surface area contributed by atoms with Gasteiger partial charge in [-0.05, 0) is 43.5 Å². The van der Waals surface area contributed by atoms with E-state index in [2.05, 4.69) is 5.32 Å². The Bertz CT molecular complexity index is 483. The van der Waals surface area contributed by atoms with Crippen molar-refractivity contribution in [1.82, 2.24) is 5.32 Å². The standard InChI is InChI=1S/C15H19FN2O/c16-12-5-4-11-6-8-18(14(11)9-12)15(19)10-13-3-1-2-7-17-13/h4-5,9,13,17H,1-3,6-8,10H2. The molecule has 3 rings (SSSR count). The lowest BCUT2D eigenvalue weighted by molar-refractivity contribution is -0.119. The van der Waals surface area contributed by atoms with Gasteiger partial charge in [0.2, 0.25) is 5.91 Å². The van der Waals surface area contributed by atoms with Crippen LogP contribution in [0.2, 0.25) is 0 Å². The second-order valence-corrected chi connectivity index (χ2v) is 5.42. The highest BCUT2D eigenvalue weighted by molar-refractivity contribution is 5.95. The number of carbonyl (C=O) groups is 1. The molecule has 102 valence electrons. The van der Waals surface area contributed by atoms with Crippen molar-refractivity contribution in [3.05, 3.63) is 29.6 Å². The molecule has 0 bridgehead atoms. The highest BCUT2D eigenvalue weighted by Crippen LogP contribution is 2.29. The van der Waals surface area contributed by atoms with Gasteiger partial charge in [-0.2, -0.15) is 0 Å². The molecule has 1 aromatic rings. The van der Waals surface area contributed by atoms with Crippen LogP contribution in [0.1, 0.15) is 31.2 Å². The molecule has 2 aliphatic heterocycles. The first-order valence-corrected chi connectivity index (χ1v) is 7.06. The number of hydrogen-bond donors (Lipinski definition) is 1. The van der Waals surface area contributed by atoms with Gasteiger partial charge in [0.05, 0.1) is 0 Å². The predicted molar refractivity (Wildman–Crippen MR) is 72.7 cm³/mol. The van der Waals surface area contributed by atoms with E-state index < -0.39 is 0 Å². The van der Waals surface area contributed by atoms with Gasteiger partial charge in [0.1, 0.15) is 5.82 Å². The molecule has 1 N–H and O–H groups in total. The van der Waals surface area contributed by atoms with Crippen molar-refractivity contribution in [2.24, 2.45) is 0 Å². The fourth-order valence-corrected chi connectivity index (χ4v) is 3.03. The summed E-state index contributed by atoms with van der Waals surface area (Å²) in [6, 6.07) is 5.03. The van der Waals surface area contributed by atoms with Crippen LogP contribution in [-0.4, -0.2) is 25.0 Å². The maximum atomic E-state index is 13.3. The first-order chi connectivity index (χ1) is 9.24. The fraction of sp³-hybridized carbons (Fsp3) is 0.533. The van der Waals surface area contributed by atoms with Gasteiger partial charge < -0.3 is 10.2 Å². The molecular weight excluding hydrogens is 243 g/mol. The monoisotopic (exact) mass is 262 g/mol. The van der Waals surface area contributed by atoms with Crippen LogP contribution in [0.15, 0.2) is 18.2 Å². The molecular formula is C15H19FN2O. The number of rotatable bonds is 2. The first-order valence-electron chi connectivity index (χ1n) is 7.06. The Balaban J connectivity index is 1.70. The quantitative estimate of drug-likeness (QED) is 0.886. The van der Waals surface area contributed by atoms with Gasteiger partial charge in [-0.3, -0.25) is 4.79 Å². The molecule has 0 spiro atoms. The molecule has 1 aromatic carbocycles. The maximum absolute atomic E-state index is 13.3. The minimum atomic E-state index is -0.269. The number of nitrogens with zero attached hydrogens (tertiary/aromatic N) is 1. The summed E-state index contributed by atoms with van der Waals surface area (Å²) in [5.41, 5.74) is 1.84. The number of carbonyl (C=O) groups excluding carboxylic acids is 1. The minimum absolute atomic E-state index is 0.115. The number of piperidine rings is 1. The van der Waals surface area contributed by atoms with Crippen molar-refractivity contribution in [2.45, 2.75) is 38.1 Å². The van der Waals surface area contributed by atoms with Crippen molar-refractivity contribution >= 4 is 11.6 Å². The summed E-state index contributed by atoms with van der Waals surface area (Å²) >= 11 is 0. The molecule has 2 aliphatic rings. The zero-order valence-corrected chi connectivity index (χ0v) is 11.0. The molecule has 0 saturated carbocycles. The van der Waals surface area contributed by atoms with Crippen LogP contribution < -0.4 is 10.2 Å². The highest BCUT2D eigenvalue weighted by atomic mass is 19.1. The van der Waals surface area contributed by atoms with Crippen molar-refractivity contribution in [3.8, 4) is 0 Å². The largest absolute Gasteiger partial charge is 0.313 e. The third kappa shape index (κ3) is 2.63. The summed E-state index contributed by atoms with van der Waals surface area (Å²) in [5, 5.41) is 3.39. The Morgan fingerprint density at radius 3 is 3.11 bits per heavy atom. The van der Waals surface area contributed by atoms with Crippen molar-refractivity contribution in [1.29, 1.82) is 0 Å². The smallest absolute Gasteiger partial charge is 0.228 e. The van der Waals surface area contributed by atoms with E-state index in [1.807, 2.05) is 0 Å². The van der Waals surface area contributed by atoms with Gasteiger partial charge in [0.15, 0.2) is 0 Å². The van der Waals surface area contributed by atoms with E-state index >= 15 is 0 Å². The van der Waals surface area contributed by atoms with E-state index in [-0.39, 0.29) is 11.7 Å². The maximum Gasteiger partial charge on any atom is 0.228 e. The van der Waals surface area contributed by atoms with Crippen LogP contribution >= 0.6 is 0 Å². The fourth-order valence-electron chi connectivity index (χ4n) is 3.03. The molecule has 1 fully saturated rings. The highest BCUT2D eigenvalue weighted by Gasteiger charge is 2.27. The topological polar surface area (TPSA) is 32.3 Å². The summed E-state index contributed by atoms with van der Waals surface area (Å²) in [6.07, 6.45) is 4.81. The van der Waals surface area contributed by atoms with Crippen LogP contribution in [0.3, 0.4) is 0 Å². The molecule has 0 aromatic heterocycles. The molecule has 1 unspecified atom stereocenters. The molecule has 0 radical (unpaired) electrons. The Kier molecular flexibility index (Phi) is 3.51. The average molecular weight is 262 g/mol. The summed E-state index contributed by atoms with van der Waals surface area (Å²) in [4.78, 5) is 14.1. The van der Waals surface area contributed by atoms with Crippen molar-refractivity contribution in [2.75, 3.05) is 18.0 Å². The van der Waals surface area contributed by atoms with Crippen LogP contribution in [0.5, 0.6) is 0 Å². The molecule has 3 nitrogen and oxygen atoms in total. The van der Waals surface area contributed by atoms with E-state index in [0.717, 1.165) is 30.6 Å². The van der Waals surface area contributed by atoms with Gasteiger partial charge in [0.25, 0.3) is 0 Å². The van der Waals surface area contributed by atoms with Crippen LogP contribution in [0.25, 0.3) is 0 Å². The Morgan fingerprint density at radius 2 is 2.32 bits per heavy atom. The normalized spacial score (nSPS) is 22.4. The van der Waals surface area contributed by atoms with E-state index in [1.54, 1.807) is 11.0 Å². The molecule has 19 heavy (non-hydrogen) atoms. The SMILES string of the molecule is O=C(CC1CCCCN1)N1CCc2ccc(F)cc21. The summed E-state index contributed by atoms with van der Waals surface area (Å²) < 4.78 is 13.3. The number of fused-ring (bicyclic) bond motifs is 1. The number of nitrogens with one attached hydrogen (secondary N) is 1. The van der Waals surface area contributed by atoms with Crippen LogP contribution in [-0.2, 0) is 11.2 Å². The Morgan fingerprint density at radius 1 is 1.42 bits per heavy atom. The predicted octanol–water partition coefficient (Wildman–Crippen LogP) is 2.25. The second-order valence-electron chi connectivity index (χ2n) is 5.42. The summed E-state index contributed by atoms with van der Waals surface area (Å²) in [5.74, 6) is -0.155. The summed E-state index contributed by atoms with van der Waals surface area (Å²) in [6.45, 7) is 1.69. The van der Waals surface area contributed by atoms with E-state index in [0.29, 0.717) is 19.0 Å². The molecule has 1 amide bonds. The number of halogens is 1. The zero-order chi connectivity index (χ0) is 13.2. The third-order valence-electron chi connectivity index (χ3n) is 4.08. The lowest BCUT2D eigenvalue weighted by Crippen LogP contribution is -2.40. The third-order valence-corrected chi connectivity index (χ3v) is 4.08. The van der Waals surface area contributed by atoms with Crippen molar-refractivity contribution < 1.29 is 9.18 Å². The Hall–Kier alpha value is -1.42. The van der Waals surface area contributed by atoms with Gasteiger partial charge in [-0.1, -0.05) is 12.5 Å². The van der Waals surface area contributed by atoms with Crippen molar-refractivity contribution in [3.63, 3.8) is 0 Å². The Labute approximate surface area is 112 Å². The number of hydrogen-bond acceptors (Lipinski definition) is 2. The average Bonchev–Trinajstić information content (AvgIpc) is 2.82. The molecule has 1 atom stereocenters. The first kappa shape index (κ1) is 12.6. The lowest BCUT2D eigenvalue weighted by atomic mass is 10.0. The molecule has 1 saturated heterocycles. The van der Waals surface area contributed by atoms with Crippen LogP contribution in [0, 0.1) is 5.82 Å². The summed E-state index contributed by atoms with van der Waals surface area (Å²) in [7, 11) is 0. The number of amides is 1. The van der Waals surface area contributed by atoms with E-state index in [9.17, 15) is 9.18 Å². The van der Waals surface area contributed by atoms with E-state index in [4.69, 9.17) is 0 Å². The van der Waals surface area contributed by atoms with Crippen LogP contribution in [0.4, 0.5) is 10.1 Å². The lowest BCUT2D eigenvalue weighted by Gasteiger charge is -2.25. The molecule has 2 heterocycles.